The van der Waals surface area contributed by atoms with Crippen LogP contribution in [0.3, 0.4) is 0 Å². The first kappa shape index (κ1) is 13.3. The molecule has 2 atom stereocenters. The smallest absolute Gasteiger partial charge is 0.193 e. The largest absolute Gasteiger partial charge is 0.353 e. The Balaban J connectivity index is 1.97. The first-order valence-corrected chi connectivity index (χ1v) is 6.64. The molecule has 1 aliphatic rings. The number of guanidine groups is 1. The van der Waals surface area contributed by atoms with Crippen molar-refractivity contribution in [3.8, 4) is 0 Å². The van der Waals surface area contributed by atoms with E-state index in [1.165, 1.54) is 12.1 Å². The highest BCUT2D eigenvalue weighted by Crippen LogP contribution is 2.29. The number of aryl methyl sites for hydroxylation is 1. The molecule has 0 spiro atoms. The summed E-state index contributed by atoms with van der Waals surface area (Å²) in [7, 11) is 5.88. The van der Waals surface area contributed by atoms with Crippen LogP contribution in [-0.2, 0) is 13.6 Å². The molecule has 0 amide bonds. The molecule has 0 radical (unpaired) electrons. The van der Waals surface area contributed by atoms with E-state index < -0.39 is 0 Å². The Bertz CT molecular complexity index is 452. The van der Waals surface area contributed by atoms with E-state index in [4.69, 9.17) is 11.6 Å². The normalized spacial score (nSPS) is 23.1. The van der Waals surface area contributed by atoms with Gasteiger partial charge < -0.3 is 14.8 Å². The predicted octanol–water partition coefficient (Wildman–Crippen LogP) is 2.09. The number of hydrogen-bond acceptors (Lipinski definition) is 1. The van der Waals surface area contributed by atoms with Crippen LogP contribution in [0.1, 0.15) is 19.0 Å². The summed E-state index contributed by atoms with van der Waals surface area (Å²) in [4.78, 5) is 6.45. The minimum absolute atomic E-state index is 0.586. The lowest BCUT2D eigenvalue weighted by Gasteiger charge is -2.22. The maximum absolute atomic E-state index is 5.99. The standard InChI is InChI=1S/C13H21ClN4/c1-9-5-12(9)16-13(15-2)18(4)8-11-6-10(14)7-17(11)3/h6-7,9,12H,5,8H2,1-4H3,(H,15,16). The van der Waals surface area contributed by atoms with Crippen molar-refractivity contribution in [2.24, 2.45) is 18.0 Å². The third-order valence-electron chi connectivity index (χ3n) is 3.47. The number of nitrogens with zero attached hydrogens (tertiary/aromatic N) is 3. The molecule has 0 aromatic carbocycles. The van der Waals surface area contributed by atoms with Gasteiger partial charge in [0.05, 0.1) is 11.6 Å². The van der Waals surface area contributed by atoms with E-state index in [1.54, 1.807) is 0 Å². The molecule has 1 fully saturated rings. The SMILES string of the molecule is CN=C(NC1CC1C)N(C)Cc1cc(Cl)cn1C. The minimum Gasteiger partial charge on any atom is -0.353 e. The van der Waals surface area contributed by atoms with Crippen molar-refractivity contribution in [3.05, 3.63) is 23.0 Å². The number of aliphatic imine (C=N–C) groups is 1. The molecule has 18 heavy (non-hydrogen) atoms. The summed E-state index contributed by atoms with van der Waals surface area (Å²) in [5.74, 6) is 1.71. The van der Waals surface area contributed by atoms with Crippen LogP contribution < -0.4 is 5.32 Å². The van der Waals surface area contributed by atoms with Crippen LogP contribution >= 0.6 is 11.6 Å². The second-order valence-corrected chi connectivity index (χ2v) is 5.56. The highest BCUT2D eigenvalue weighted by Gasteiger charge is 2.33. The van der Waals surface area contributed by atoms with Gasteiger partial charge in [0, 0.05) is 39.1 Å². The zero-order valence-electron chi connectivity index (χ0n) is 11.4. The number of aromatic nitrogens is 1. The Hall–Kier alpha value is -1.16. The van der Waals surface area contributed by atoms with Crippen molar-refractivity contribution in [1.82, 2.24) is 14.8 Å². The Morgan fingerprint density at radius 1 is 1.67 bits per heavy atom. The molecule has 1 aliphatic carbocycles. The van der Waals surface area contributed by atoms with Gasteiger partial charge in [0.1, 0.15) is 0 Å². The van der Waals surface area contributed by atoms with Crippen molar-refractivity contribution >= 4 is 17.6 Å². The van der Waals surface area contributed by atoms with Gasteiger partial charge in [0.15, 0.2) is 5.96 Å². The quantitative estimate of drug-likeness (QED) is 0.673. The third-order valence-corrected chi connectivity index (χ3v) is 3.68. The first-order valence-electron chi connectivity index (χ1n) is 6.26. The highest BCUT2D eigenvalue weighted by molar-refractivity contribution is 6.30. The fraction of sp³-hybridized carbons (Fsp3) is 0.615. The second kappa shape index (κ2) is 5.22. The van der Waals surface area contributed by atoms with E-state index in [-0.39, 0.29) is 0 Å². The minimum atomic E-state index is 0.586. The van der Waals surface area contributed by atoms with E-state index in [0.29, 0.717) is 6.04 Å². The Kier molecular flexibility index (Phi) is 3.85. The maximum atomic E-state index is 5.99. The van der Waals surface area contributed by atoms with Gasteiger partial charge in [-0.2, -0.15) is 0 Å². The van der Waals surface area contributed by atoms with E-state index in [1.807, 2.05) is 38.0 Å². The lowest BCUT2D eigenvalue weighted by Crippen LogP contribution is -2.40. The molecule has 1 aromatic heterocycles. The van der Waals surface area contributed by atoms with Gasteiger partial charge in [-0.25, -0.2) is 0 Å². The molecular weight excluding hydrogens is 248 g/mol. The highest BCUT2D eigenvalue weighted by atomic mass is 35.5. The van der Waals surface area contributed by atoms with Crippen LogP contribution in [0.2, 0.25) is 5.02 Å². The molecule has 1 N–H and O–H groups in total. The van der Waals surface area contributed by atoms with Crippen molar-refractivity contribution in [1.29, 1.82) is 0 Å². The van der Waals surface area contributed by atoms with Crippen LogP contribution in [0.15, 0.2) is 17.3 Å². The maximum Gasteiger partial charge on any atom is 0.193 e. The van der Waals surface area contributed by atoms with Crippen molar-refractivity contribution < 1.29 is 0 Å². The zero-order valence-corrected chi connectivity index (χ0v) is 12.2. The first-order chi connectivity index (χ1) is 8.51. The molecule has 2 rings (SSSR count). The Morgan fingerprint density at radius 2 is 2.33 bits per heavy atom. The number of nitrogens with one attached hydrogen (secondary N) is 1. The summed E-state index contributed by atoms with van der Waals surface area (Å²) < 4.78 is 2.05. The van der Waals surface area contributed by atoms with Crippen molar-refractivity contribution in [2.75, 3.05) is 14.1 Å². The molecule has 5 heteroatoms. The topological polar surface area (TPSA) is 32.6 Å². The molecule has 2 unspecified atom stereocenters. The van der Waals surface area contributed by atoms with Gasteiger partial charge in [0.25, 0.3) is 0 Å². The molecular formula is C13H21ClN4. The average molecular weight is 269 g/mol. The van der Waals surface area contributed by atoms with E-state index in [0.717, 1.165) is 23.4 Å². The predicted molar refractivity (Wildman–Crippen MR) is 76.0 cm³/mol. The fourth-order valence-electron chi connectivity index (χ4n) is 2.08. The Labute approximate surface area is 114 Å². The molecule has 0 aliphatic heterocycles. The molecule has 100 valence electrons. The summed E-state index contributed by atoms with van der Waals surface area (Å²) in [5, 5.41) is 4.25. The Morgan fingerprint density at radius 3 is 2.78 bits per heavy atom. The summed E-state index contributed by atoms with van der Waals surface area (Å²) >= 11 is 5.99. The molecule has 4 nitrogen and oxygen atoms in total. The van der Waals surface area contributed by atoms with Gasteiger partial charge in [-0.05, 0) is 18.4 Å². The van der Waals surface area contributed by atoms with Gasteiger partial charge in [-0.3, -0.25) is 4.99 Å². The van der Waals surface area contributed by atoms with Crippen LogP contribution in [0, 0.1) is 5.92 Å². The molecule has 0 saturated heterocycles. The zero-order chi connectivity index (χ0) is 13.3. The number of hydrogen-bond donors (Lipinski definition) is 1. The van der Waals surface area contributed by atoms with Gasteiger partial charge in [0.2, 0.25) is 0 Å². The van der Waals surface area contributed by atoms with Crippen molar-refractivity contribution in [2.45, 2.75) is 25.9 Å². The van der Waals surface area contributed by atoms with Crippen LogP contribution in [-0.4, -0.2) is 35.6 Å². The van der Waals surface area contributed by atoms with E-state index in [2.05, 4.69) is 22.1 Å². The average Bonchev–Trinajstić information content (AvgIpc) is 2.90. The summed E-state index contributed by atoms with van der Waals surface area (Å²) in [5.41, 5.74) is 1.18. The molecule has 1 heterocycles. The lowest BCUT2D eigenvalue weighted by molar-refractivity contribution is 0.460. The molecule has 1 aromatic rings. The number of halogens is 1. The number of rotatable bonds is 3. The molecule has 0 bridgehead atoms. The summed E-state index contributed by atoms with van der Waals surface area (Å²) in [6.45, 7) is 3.05. The summed E-state index contributed by atoms with van der Waals surface area (Å²) in [6.07, 6.45) is 3.16. The summed E-state index contributed by atoms with van der Waals surface area (Å²) in [6, 6.07) is 2.58. The fourth-order valence-corrected chi connectivity index (χ4v) is 2.35. The second-order valence-electron chi connectivity index (χ2n) is 5.13. The van der Waals surface area contributed by atoms with E-state index >= 15 is 0 Å². The van der Waals surface area contributed by atoms with Crippen molar-refractivity contribution in [3.63, 3.8) is 0 Å². The molecule has 1 saturated carbocycles. The van der Waals surface area contributed by atoms with Crippen LogP contribution in [0.4, 0.5) is 0 Å². The van der Waals surface area contributed by atoms with Gasteiger partial charge in [-0.15, -0.1) is 0 Å². The van der Waals surface area contributed by atoms with Crippen LogP contribution in [0.25, 0.3) is 0 Å². The lowest BCUT2D eigenvalue weighted by atomic mass is 10.4. The van der Waals surface area contributed by atoms with Crippen LogP contribution in [0.5, 0.6) is 0 Å². The van der Waals surface area contributed by atoms with Gasteiger partial charge in [-0.1, -0.05) is 18.5 Å². The third kappa shape index (κ3) is 2.99. The van der Waals surface area contributed by atoms with E-state index in [9.17, 15) is 0 Å². The van der Waals surface area contributed by atoms with Gasteiger partial charge >= 0.3 is 0 Å². The monoisotopic (exact) mass is 268 g/mol.